The van der Waals surface area contributed by atoms with Crippen molar-refractivity contribution in [2.75, 3.05) is 19.8 Å². The molecule has 1 aliphatic rings. The van der Waals surface area contributed by atoms with Crippen molar-refractivity contribution < 1.29 is 14.2 Å². The first kappa shape index (κ1) is 11.4. The second kappa shape index (κ2) is 4.85. The van der Waals surface area contributed by atoms with Crippen molar-refractivity contribution in [3.8, 4) is 5.75 Å². The Kier molecular flexibility index (Phi) is 3.46. The molecule has 2 rings (SSSR count). The molecule has 1 saturated heterocycles. The highest BCUT2D eigenvalue weighted by Crippen LogP contribution is 2.31. The monoisotopic (exact) mass is 222 g/mol. The molecule has 16 heavy (non-hydrogen) atoms. The first-order valence-electron chi connectivity index (χ1n) is 5.76. The Morgan fingerprint density at radius 1 is 1.19 bits per heavy atom. The molecule has 0 amide bonds. The van der Waals surface area contributed by atoms with E-state index in [-0.39, 0.29) is 0 Å². The summed E-state index contributed by atoms with van der Waals surface area (Å²) in [6.07, 6.45) is 1.02. The van der Waals surface area contributed by atoms with Crippen LogP contribution in [0.1, 0.15) is 25.8 Å². The summed E-state index contributed by atoms with van der Waals surface area (Å²) in [5.41, 5.74) is 1.04. The van der Waals surface area contributed by atoms with Crippen LogP contribution in [0.3, 0.4) is 0 Å². The van der Waals surface area contributed by atoms with Crippen LogP contribution in [0.25, 0.3) is 0 Å². The molecule has 3 nitrogen and oxygen atoms in total. The van der Waals surface area contributed by atoms with Gasteiger partial charge in [-0.05, 0) is 37.6 Å². The zero-order valence-corrected chi connectivity index (χ0v) is 9.86. The van der Waals surface area contributed by atoms with E-state index in [1.54, 1.807) is 0 Å². The van der Waals surface area contributed by atoms with E-state index in [1.807, 2.05) is 31.2 Å². The van der Waals surface area contributed by atoms with E-state index >= 15 is 0 Å². The summed E-state index contributed by atoms with van der Waals surface area (Å²) in [5, 5.41) is 0. The Bertz CT molecular complexity index is 326. The van der Waals surface area contributed by atoms with Gasteiger partial charge >= 0.3 is 0 Å². The lowest BCUT2D eigenvalue weighted by atomic mass is 10.1. The van der Waals surface area contributed by atoms with Crippen LogP contribution in [0.2, 0.25) is 0 Å². The van der Waals surface area contributed by atoms with E-state index in [9.17, 15) is 0 Å². The summed E-state index contributed by atoms with van der Waals surface area (Å²) in [5.74, 6) is 0.315. The van der Waals surface area contributed by atoms with Crippen LogP contribution >= 0.6 is 0 Å². The second-order valence-corrected chi connectivity index (χ2v) is 4.02. The van der Waals surface area contributed by atoms with Gasteiger partial charge < -0.3 is 14.2 Å². The van der Waals surface area contributed by atoms with E-state index < -0.39 is 5.79 Å². The maximum Gasteiger partial charge on any atom is 0.192 e. The minimum absolute atomic E-state index is 0.580. The fourth-order valence-corrected chi connectivity index (χ4v) is 1.76. The highest BCUT2D eigenvalue weighted by molar-refractivity contribution is 5.29. The van der Waals surface area contributed by atoms with Crippen LogP contribution in [0, 0.1) is 0 Å². The molecule has 1 aliphatic heterocycles. The van der Waals surface area contributed by atoms with Gasteiger partial charge in [0.05, 0.1) is 19.8 Å². The van der Waals surface area contributed by atoms with Gasteiger partial charge in [-0.3, -0.25) is 0 Å². The zero-order chi connectivity index (χ0) is 11.4. The summed E-state index contributed by atoms with van der Waals surface area (Å²) >= 11 is 0. The van der Waals surface area contributed by atoms with Crippen LogP contribution in [-0.2, 0) is 15.3 Å². The summed E-state index contributed by atoms with van der Waals surface area (Å²) in [6, 6.07) is 7.91. The Morgan fingerprint density at radius 3 is 2.38 bits per heavy atom. The summed E-state index contributed by atoms with van der Waals surface area (Å²) in [6.45, 7) is 6.11. The van der Waals surface area contributed by atoms with E-state index in [1.165, 1.54) is 0 Å². The lowest BCUT2D eigenvalue weighted by Gasteiger charge is -2.22. The molecule has 1 aromatic carbocycles. The number of hydrogen-bond acceptors (Lipinski definition) is 3. The molecule has 1 heterocycles. The van der Waals surface area contributed by atoms with Gasteiger partial charge in [0, 0.05) is 5.56 Å². The van der Waals surface area contributed by atoms with Gasteiger partial charge in [0.15, 0.2) is 5.79 Å². The zero-order valence-electron chi connectivity index (χ0n) is 9.86. The molecule has 0 radical (unpaired) electrons. The van der Waals surface area contributed by atoms with E-state index in [0.717, 1.165) is 24.3 Å². The highest BCUT2D eigenvalue weighted by Gasteiger charge is 2.32. The van der Waals surface area contributed by atoms with Crippen molar-refractivity contribution >= 4 is 0 Å². The number of benzene rings is 1. The largest absolute Gasteiger partial charge is 0.494 e. The van der Waals surface area contributed by atoms with Crippen molar-refractivity contribution in [2.24, 2.45) is 0 Å². The van der Waals surface area contributed by atoms with Crippen LogP contribution in [0.4, 0.5) is 0 Å². The SMILES string of the molecule is CCCOc1ccc(C2(C)OCCO2)cc1. The fraction of sp³-hybridized carbons (Fsp3) is 0.538. The molecule has 1 fully saturated rings. The normalized spacial score (nSPS) is 18.6. The third-order valence-corrected chi connectivity index (χ3v) is 2.69. The highest BCUT2D eigenvalue weighted by atomic mass is 16.7. The van der Waals surface area contributed by atoms with Gasteiger partial charge in [0.1, 0.15) is 5.75 Å². The smallest absolute Gasteiger partial charge is 0.192 e. The molecule has 88 valence electrons. The van der Waals surface area contributed by atoms with Crippen LogP contribution in [0.15, 0.2) is 24.3 Å². The minimum Gasteiger partial charge on any atom is -0.494 e. The van der Waals surface area contributed by atoms with Crippen molar-refractivity contribution in [1.82, 2.24) is 0 Å². The molecule has 0 atom stereocenters. The van der Waals surface area contributed by atoms with Gasteiger partial charge in [-0.15, -0.1) is 0 Å². The van der Waals surface area contributed by atoms with Crippen molar-refractivity contribution in [2.45, 2.75) is 26.1 Å². The first-order valence-corrected chi connectivity index (χ1v) is 5.76. The van der Waals surface area contributed by atoms with Crippen LogP contribution in [-0.4, -0.2) is 19.8 Å². The molecule has 1 aromatic rings. The fourth-order valence-electron chi connectivity index (χ4n) is 1.76. The van der Waals surface area contributed by atoms with Gasteiger partial charge in [0.2, 0.25) is 0 Å². The summed E-state index contributed by atoms with van der Waals surface area (Å²) < 4.78 is 16.7. The summed E-state index contributed by atoms with van der Waals surface area (Å²) in [7, 11) is 0. The Morgan fingerprint density at radius 2 is 1.81 bits per heavy atom. The van der Waals surface area contributed by atoms with Crippen molar-refractivity contribution in [3.05, 3.63) is 29.8 Å². The Balaban J connectivity index is 2.06. The maximum atomic E-state index is 5.58. The lowest BCUT2D eigenvalue weighted by molar-refractivity contribution is -0.149. The molecule has 0 saturated carbocycles. The quantitative estimate of drug-likeness (QED) is 0.784. The molecule has 3 heteroatoms. The molecule has 0 N–H and O–H groups in total. The number of rotatable bonds is 4. The molecule has 0 aromatic heterocycles. The standard InChI is InChI=1S/C13H18O3/c1-3-8-14-12-6-4-11(5-7-12)13(2)15-9-10-16-13/h4-7H,3,8-10H2,1-2H3. The van der Waals surface area contributed by atoms with Gasteiger partial charge in [-0.2, -0.15) is 0 Å². The molecule has 0 bridgehead atoms. The first-order chi connectivity index (χ1) is 7.74. The predicted molar refractivity (Wildman–Crippen MR) is 61.5 cm³/mol. The van der Waals surface area contributed by atoms with Crippen molar-refractivity contribution in [1.29, 1.82) is 0 Å². The van der Waals surface area contributed by atoms with Gasteiger partial charge in [-0.25, -0.2) is 0 Å². The molecule has 0 unspecified atom stereocenters. The number of hydrogen-bond donors (Lipinski definition) is 0. The van der Waals surface area contributed by atoms with Crippen LogP contribution in [0.5, 0.6) is 5.75 Å². The average molecular weight is 222 g/mol. The summed E-state index contributed by atoms with van der Waals surface area (Å²) in [4.78, 5) is 0. The molecular weight excluding hydrogens is 204 g/mol. The topological polar surface area (TPSA) is 27.7 Å². The van der Waals surface area contributed by atoms with E-state index in [4.69, 9.17) is 14.2 Å². The minimum atomic E-state index is -0.580. The maximum absolute atomic E-state index is 5.58. The van der Waals surface area contributed by atoms with Gasteiger partial charge in [0.25, 0.3) is 0 Å². The number of ether oxygens (including phenoxy) is 3. The third-order valence-electron chi connectivity index (χ3n) is 2.69. The molecule has 0 spiro atoms. The van der Waals surface area contributed by atoms with E-state index in [2.05, 4.69) is 6.92 Å². The average Bonchev–Trinajstić information content (AvgIpc) is 2.75. The third kappa shape index (κ3) is 2.36. The molecule has 0 aliphatic carbocycles. The lowest BCUT2D eigenvalue weighted by Crippen LogP contribution is -2.22. The predicted octanol–water partition coefficient (Wildman–Crippen LogP) is 2.69. The van der Waals surface area contributed by atoms with E-state index in [0.29, 0.717) is 13.2 Å². The molecular formula is C13H18O3. The second-order valence-electron chi connectivity index (χ2n) is 4.02. The Labute approximate surface area is 96.3 Å². The van der Waals surface area contributed by atoms with Crippen molar-refractivity contribution in [3.63, 3.8) is 0 Å². The van der Waals surface area contributed by atoms with Gasteiger partial charge in [-0.1, -0.05) is 6.92 Å². The Hall–Kier alpha value is -1.06. The van der Waals surface area contributed by atoms with Crippen LogP contribution < -0.4 is 4.74 Å².